The Labute approximate surface area is 164 Å². The molecule has 3 heterocycles. The van der Waals surface area contributed by atoms with Crippen LogP contribution in [-0.2, 0) is 4.79 Å². The number of benzene rings is 1. The van der Waals surface area contributed by atoms with Crippen molar-refractivity contribution in [3.63, 3.8) is 0 Å². The Morgan fingerprint density at radius 1 is 1.22 bits per heavy atom. The SMILES string of the molecule is CN1CC=C(CC(=O)N2c3ccccc3C(=O)Nc3cccnc32)CC1.Cl. The van der Waals surface area contributed by atoms with Crippen molar-refractivity contribution in [1.82, 2.24) is 9.88 Å². The van der Waals surface area contributed by atoms with E-state index in [1.54, 1.807) is 41.4 Å². The van der Waals surface area contributed by atoms with Crippen LogP contribution in [0.4, 0.5) is 17.2 Å². The van der Waals surface area contributed by atoms with Crippen LogP contribution in [0.3, 0.4) is 0 Å². The highest BCUT2D eigenvalue weighted by Crippen LogP contribution is 2.37. The number of anilines is 3. The van der Waals surface area contributed by atoms with Gasteiger partial charge < -0.3 is 10.2 Å². The van der Waals surface area contributed by atoms with E-state index in [4.69, 9.17) is 0 Å². The van der Waals surface area contributed by atoms with E-state index in [-0.39, 0.29) is 24.2 Å². The molecule has 1 aromatic heterocycles. The Balaban J connectivity index is 0.00000210. The van der Waals surface area contributed by atoms with Crippen LogP contribution in [0.1, 0.15) is 23.2 Å². The van der Waals surface area contributed by atoms with Crippen molar-refractivity contribution in [2.24, 2.45) is 0 Å². The molecular formula is C20H21ClN4O2. The maximum absolute atomic E-state index is 13.2. The van der Waals surface area contributed by atoms with E-state index in [0.29, 0.717) is 29.2 Å². The lowest BCUT2D eigenvalue weighted by atomic mass is 10.0. The van der Waals surface area contributed by atoms with Gasteiger partial charge in [-0.05, 0) is 37.7 Å². The summed E-state index contributed by atoms with van der Waals surface area (Å²) in [5, 5.41) is 2.86. The van der Waals surface area contributed by atoms with Crippen molar-refractivity contribution >= 4 is 41.4 Å². The molecule has 0 fully saturated rings. The second-order valence-corrected chi connectivity index (χ2v) is 6.63. The first-order valence-electron chi connectivity index (χ1n) is 8.68. The van der Waals surface area contributed by atoms with E-state index >= 15 is 0 Å². The minimum atomic E-state index is -0.233. The van der Waals surface area contributed by atoms with Crippen LogP contribution in [0.5, 0.6) is 0 Å². The molecule has 7 heteroatoms. The monoisotopic (exact) mass is 384 g/mol. The number of nitrogens with one attached hydrogen (secondary N) is 1. The highest BCUT2D eigenvalue weighted by molar-refractivity contribution is 6.17. The zero-order valence-electron chi connectivity index (χ0n) is 15.0. The molecule has 0 atom stereocenters. The summed E-state index contributed by atoms with van der Waals surface area (Å²) in [6.07, 6.45) is 4.96. The summed E-state index contributed by atoms with van der Waals surface area (Å²) in [4.78, 5) is 34.0. The van der Waals surface area contributed by atoms with E-state index in [2.05, 4.69) is 28.3 Å². The van der Waals surface area contributed by atoms with Gasteiger partial charge in [0.1, 0.15) is 0 Å². The number of hydrogen-bond donors (Lipinski definition) is 1. The number of rotatable bonds is 2. The molecule has 0 radical (unpaired) electrons. The number of amides is 2. The third-order valence-electron chi connectivity index (χ3n) is 4.77. The molecule has 2 aliphatic heterocycles. The summed E-state index contributed by atoms with van der Waals surface area (Å²) in [5.41, 5.74) is 2.71. The summed E-state index contributed by atoms with van der Waals surface area (Å²) >= 11 is 0. The summed E-state index contributed by atoms with van der Waals surface area (Å²) in [6, 6.07) is 10.7. The predicted molar refractivity (Wildman–Crippen MR) is 108 cm³/mol. The topological polar surface area (TPSA) is 65.5 Å². The number of para-hydroxylation sites is 1. The summed E-state index contributed by atoms with van der Waals surface area (Å²) in [7, 11) is 2.07. The Hall–Kier alpha value is -2.70. The summed E-state index contributed by atoms with van der Waals surface area (Å²) in [5.74, 6) is 0.151. The van der Waals surface area contributed by atoms with Gasteiger partial charge in [0.2, 0.25) is 5.91 Å². The smallest absolute Gasteiger partial charge is 0.257 e. The van der Waals surface area contributed by atoms with Gasteiger partial charge in [0.25, 0.3) is 5.91 Å². The number of halogens is 1. The van der Waals surface area contributed by atoms with Gasteiger partial charge in [0.05, 0.1) is 16.9 Å². The van der Waals surface area contributed by atoms with E-state index in [1.807, 2.05) is 6.07 Å². The predicted octanol–water partition coefficient (Wildman–Crippen LogP) is 3.39. The van der Waals surface area contributed by atoms with Crippen LogP contribution >= 0.6 is 12.4 Å². The molecule has 2 aliphatic rings. The van der Waals surface area contributed by atoms with Crippen LogP contribution < -0.4 is 10.2 Å². The normalized spacial score (nSPS) is 16.3. The van der Waals surface area contributed by atoms with Gasteiger partial charge in [-0.15, -0.1) is 12.4 Å². The zero-order valence-corrected chi connectivity index (χ0v) is 15.8. The molecule has 0 unspecified atom stereocenters. The van der Waals surface area contributed by atoms with E-state index in [0.717, 1.165) is 25.1 Å². The van der Waals surface area contributed by atoms with Crippen molar-refractivity contribution in [1.29, 1.82) is 0 Å². The van der Waals surface area contributed by atoms with E-state index in [9.17, 15) is 9.59 Å². The van der Waals surface area contributed by atoms with Gasteiger partial charge in [-0.25, -0.2) is 4.98 Å². The minimum Gasteiger partial charge on any atom is -0.319 e. The lowest BCUT2D eigenvalue weighted by Crippen LogP contribution is -2.30. The molecule has 0 spiro atoms. The van der Waals surface area contributed by atoms with Crippen molar-refractivity contribution in [2.75, 3.05) is 30.4 Å². The molecule has 140 valence electrons. The molecule has 0 aliphatic carbocycles. The van der Waals surface area contributed by atoms with Gasteiger partial charge in [0.15, 0.2) is 5.82 Å². The van der Waals surface area contributed by atoms with Crippen LogP contribution in [0.2, 0.25) is 0 Å². The largest absolute Gasteiger partial charge is 0.319 e. The second kappa shape index (κ2) is 7.90. The fraction of sp³-hybridized carbons (Fsp3) is 0.250. The lowest BCUT2D eigenvalue weighted by Gasteiger charge is -2.25. The standard InChI is InChI=1S/C20H20N4O2.ClH/c1-23-11-8-14(9-12-23)13-18(25)24-17-7-3-2-5-15(17)20(26)22-16-6-4-10-21-19(16)24;/h2-8,10H,9,11-13H2,1H3,(H,22,26);1H. The third-order valence-corrected chi connectivity index (χ3v) is 4.77. The van der Waals surface area contributed by atoms with E-state index < -0.39 is 0 Å². The average Bonchev–Trinajstić information content (AvgIpc) is 2.77. The number of pyridine rings is 1. The quantitative estimate of drug-likeness (QED) is 0.806. The highest BCUT2D eigenvalue weighted by Gasteiger charge is 2.30. The molecule has 6 nitrogen and oxygen atoms in total. The van der Waals surface area contributed by atoms with E-state index in [1.165, 1.54) is 0 Å². The number of aromatic nitrogens is 1. The van der Waals surface area contributed by atoms with Crippen LogP contribution in [0, 0.1) is 0 Å². The van der Waals surface area contributed by atoms with Crippen molar-refractivity contribution in [3.05, 3.63) is 59.8 Å². The first-order valence-corrected chi connectivity index (χ1v) is 8.68. The second-order valence-electron chi connectivity index (χ2n) is 6.63. The number of likely N-dealkylation sites (N-methyl/N-ethyl adjacent to an activating group) is 1. The first-order chi connectivity index (χ1) is 12.6. The molecule has 0 bridgehead atoms. The Bertz CT molecular complexity index is 912. The highest BCUT2D eigenvalue weighted by atomic mass is 35.5. The van der Waals surface area contributed by atoms with Crippen molar-refractivity contribution in [2.45, 2.75) is 12.8 Å². The van der Waals surface area contributed by atoms with Crippen molar-refractivity contribution in [3.8, 4) is 0 Å². The Morgan fingerprint density at radius 3 is 2.81 bits per heavy atom. The number of nitrogens with zero attached hydrogens (tertiary/aromatic N) is 3. The number of hydrogen-bond acceptors (Lipinski definition) is 4. The third kappa shape index (κ3) is 3.72. The molecule has 2 aromatic rings. The molecule has 1 aromatic carbocycles. The van der Waals surface area contributed by atoms with Crippen molar-refractivity contribution < 1.29 is 9.59 Å². The average molecular weight is 385 g/mol. The molecule has 4 rings (SSSR count). The molecule has 1 N–H and O–H groups in total. The summed E-state index contributed by atoms with van der Waals surface area (Å²) in [6.45, 7) is 1.80. The lowest BCUT2D eigenvalue weighted by molar-refractivity contribution is -0.117. The zero-order chi connectivity index (χ0) is 18.1. The fourth-order valence-corrected chi connectivity index (χ4v) is 3.34. The van der Waals surface area contributed by atoms with Gasteiger partial charge in [-0.1, -0.05) is 23.8 Å². The molecule has 0 saturated carbocycles. The summed E-state index contributed by atoms with van der Waals surface area (Å²) < 4.78 is 0. The van der Waals surface area contributed by atoms with Gasteiger partial charge in [-0.2, -0.15) is 0 Å². The maximum atomic E-state index is 13.2. The van der Waals surface area contributed by atoms with Gasteiger partial charge in [-0.3, -0.25) is 14.5 Å². The number of carbonyl (C=O) groups excluding carboxylic acids is 2. The first kappa shape index (κ1) is 19.1. The molecular weight excluding hydrogens is 364 g/mol. The number of fused-ring (bicyclic) bond motifs is 2. The maximum Gasteiger partial charge on any atom is 0.257 e. The molecule has 2 amide bonds. The van der Waals surface area contributed by atoms with Crippen LogP contribution in [0.25, 0.3) is 0 Å². The van der Waals surface area contributed by atoms with Gasteiger partial charge in [0, 0.05) is 25.7 Å². The van der Waals surface area contributed by atoms with Gasteiger partial charge >= 0.3 is 0 Å². The van der Waals surface area contributed by atoms with Crippen LogP contribution in [-0.4, -0.2) is 41.8 Å². The number of carbonyl (C=O) groups is 2. The Morgan fingerprint density at radius 2 is 2.04 bits per heavy atom. The van der Waals surface area contributed by atoms with Crippen LogP contribution in [0.15, 0.2) is 54.2 Å². The minimum absolute atomic E-state index is 0. The molecule has 27 heavy (non-hydrogen) atoms. The Kier molecular flexibility index (Phi) is 5.58. The molecule has 0 saturated heterocycles. The fourth-order valence-electron chi connectivity index (χ4n) is 3.34.